The van der Waals surface area contributed by atoms with Gasteiger partial charge in [-0.25, -0.2) is 0 Å². The minimum Gasteiger partial charge on any atom is -0.506 e. The van der Waals surface area contributed by atoms with Gasteiger partial charge in [0.05, 0.1) is 33.4 Å². The van der Waals surface area contributed by atoms with Crippen LogP contribution in [0.15, 0.2) is 182 Å². The smallest absolute Gasteiger partial charge is 0.506 e. The van der Waals surface area contributed by atoms with Crippen LogP contribution in [0.1, 0.15) is 0 Å². The molecule has 0 aliphatic carbocycles. The van der Waals surface area contributed by atoms with Crippen LogP contribution in [0, 0.1) is 13.3 Å². The molecule has 0 bridgehead atoms. The number of aromatic hydroxyl groups is 2. The second kappa shape index (κ2) is 14.0. The fraction of sp³-hybridized carbons (Fsp3) is 0.0196. The van der Waals surface area contributed by atoms with Gasteiger partial charge in [-0.1, -0.05) is 97.1 Å². The van der Waals surface area contributed by atoms with Crippen molar-refractivity contribution in [1.29, 1.82) is 0 Å². The summed E-state index contributed by atoms with van der Waals surface area (Å²) in [6, 6.07) is 61.9. The van der Waals surface area contributed by atoms with Crippen molar-refractivity contribution in [3.05, 3.63) is 195 Å². The molecule has 9 heteroatoms. The van der Waals surface area contributed by atoms with E-state index in [-0.39, 0.29) is 32.6 Å². The summed E-state index contributed by atoms with van der Waals surface area (Å²) in [7, 11) is 0. The van der Waals surface area contributed by atoms with E-state index in [1.165, 1.54) is 21.5 Å². The molecule has 12 rings (SSSR count). The summed E-state index contributed by atoms with van der Waals surface area (Å²) < 4.78 is 4.43. The molecular formula is C51H36N6O2Pt. The van der Waals surface area contributed by atoms with E-state index in [1.54, 1.807) is 0 Å². The van der Waals surface area contributed by atoms with Gasteiger partial charge in [0, 0.05) is 74.5 Å². The molecule has 60 heavy (non-hydrogen) atoms. The summed E-state index contributed by atoms with van der Waals surface area (Å²) in [5, 5.41) is 28.2. The van der Waals surface area contributed by atoms with E-state index in [1.807, 2.05) is 48.5 Å². The van der Waals surface area contributed by atoms with E-state index >= 15 is 0 Å². The predicted molar refractivity (Wildman–Crippen MR) is 240 cm³/mol. The standard InChI is InChI=1S/C51H36N6O2.Pt/c58-50-29-34(56-40-17-5-1-13-36(40)37-14-2-6-18-41(37)56)25-27-48(50)54-32-52(44-21-9-11-23-46(44)54)31-53-33-55(47-24-12-10-22-45(47)53)49-28-26-35(30-51(49)59)57-42-19-7-3-15-38(42)39-16-4-8-20-43(39)57;/h1-30,32-33,58-59H,31H2;/q-2;+2. The zero-order chi connectivity index (χ0) is 39.2. The molecule has 10 aromatic rings. The molecule has 4 heterocycles. The van der Waals surface area contributed by atoms with Crippen molar-refractivity contribution in [1.82, 2.24) is 9.13 Å². The maximum atomic E-state index is 11.7. The summed E-state index contributed by atoms with van der Waals surface area (Å²) in [5.74, 6) is 0.364. The maximum absolute atomic E-state index is 11.7. The average Bonchev–Trinajstić information content (AvgIpc) is 4.02. The Morgan fingerprint density at radius 2 is 0.667 bits per heavy atom. The summed E-state index contributed by atoms with van der Waals surface area (Å²) in [6.45, 7) is 4.59. The number of aromatic nitrogens is 2. The Kier molecular flexibility index (Phi) is 8.39. The molecule has 0 saturated carbocycles. The third-order valence-electron chi connectivity index (χ3n) is 11.8. The number of phenols is 2. The molecule has 0 spiro atoms. The van der Waals surface area contributed by atoms with Crippen molar-refractivity contribution in [3.63, 3.8) is 0 Å². The largest absolute Gasteiger partial charge is 2.00 e. The van der Waals surface area contributed by atoms with E-state index in [0.717, 1.165) is 56.2 Å². The van der Waals surface area contributed by atoms with Crippen LogP contribution in [-0.4, -0.2) is 26.0 Å². The molecule has 8 nitrogen and oxygen atoms in total. The van der Waals surface area contributed by atoms with Gasteiger partial charge in [0.2, 0.25) is 0 Å². The molecule has 0 fully saturated rings. The van der Waals surface area contributed by atoms with Crippen molar-refractivity contribution in [2.24, 2.45) is 0 Å². The molecule has 0 saturated heterocycles. The first kappa shape index (κ1) is 36.0. The molecule has 2 aliphatic rings. The predicted octanol–water partition coefficient (Wildman–Crippen LogP) is 12.1. The Morgan fingerprint density at radius 1 is 0.350 bits per heavy atom. The monoisotopic (exact) mass is 959 g/mol. The zero-order valence-corrected chi connectivity index (χ0v) is 34.3. The van der Waals surface area contributed by atoms with Crippen LogP contribution in [0.2, 0.25) is 0 Å². The zero-order valence-electron chi connectivity index (χ0n) is 32.1. The van der Waals surface area contributed by atoms with Crippen molar-refractivity contribution in [3.8, 4) is 22.9 Å². The fourth-order valence-electron chi connectivity index (χ4n) is 9.23. The molecule has 0 amide bonds. The number of hydrogen-bond acceptors (Lipinski definition) is 6. The Morgan fingerprint density at radius 3 is 1.02 bits per heavy atom. The Balaban J connectivity index is 0.00000408. The Labute approximate surface area is 360 Å². The SMILES string of the molecule is Oc1cc(-n2c3ccccc3c3ccccc32)ccc1N1[CH-]N(CN2[CH-]N(c3ccc(-n4c5ccccc5c5ccccc54)cc3O)c3ccccc32)c2ccccc21.[Pt+2]. The first-order valence-electron chi connectivity index (χ1n) is 19.7. The van der Waals surface area contributed by atoms with Gasteiger partial charge in [0.15, 0.2) is 0 Å². The van der Waals surface area contributed by atoms with E-state index in [4.69, 9.17) is 0 Å². The van der Waals surface area contributed by atoms with Gasteiger partial charge in [-0.2, -0.15) is 0 Å². The number of phenolic OH excluding ortho intramolecular Hbond substituents is 2. The quantitative estimate of drug-likeness (QED) is 0.162. The van der Waals surface area contributed by atoms with Crippen LogP contribution in [-0.2, 0) is 21.1 Å². The topological polar surface area (TPSA) is 63.3 Å². The number of hydrogen-bond donors (Lipinski definition) is 2. The molecule has 8 aromatic carbocycles. The van der Waals surface area contributed by atoms with Crippen LogP contribution in [0.25, 0.3) is 55.0 Å². The third-order valence-corrected chi connectivity index (χ3v) is 11.8. The molecule has 0 radical (unpaired) electrons. The van der Waals surface area contributed by atoms with Gasteiger partial charge in [0.25, 0.3) is 0 Å². The maximum Gasteiger partial charge on any atom is 2.00 e. The van der Waals surface area contributed by atoms with Gasteiger partial charge >= 0.3 is 21.1 Å². The van der Waals surface area contributed by atoms with Gasteiger partial charge in [-0.15, -0.1) is 13.3 Å². The second-order valence-electron chi connectivity index (χ2n) is 15.1. The van der Waals surface area contributed by atoms with Crippen LogP contribution >= 0.6 is 0 Å². The summed E-state index contributed by atoms with van der Waals surface area (Å²) in [6.07, 6.45) is 0. The molecule has 292 valence electrons. The van der Waals surface area contributed by atoms with Crippen LogP contribution in [0.5, 0.6) is 11.5 Å². The second-order valence-corrected chi connectivity index (χ2v) is 15.1. The Hall–Kier alpha value is -7.15. The third kappa shape index (κ3) is 5.41. The number of fused-ring (bicyclic) bond motifs is 8. The van der Waals surface area contributed by atoms with Crippen molar-refractivity contribution >= 4 is 77.7 Å². The molecule has 2 aliphatic heterocycles. The number of para-hydroxylation sites is 8. The molecular weight excluding hydrogens is 924 g/mol. The van der Waals surface area contributed by atoms with Gasteiger partial charge in [-0.3, -0.25) is 0 Å². The van der Waals surface area contributed by atoms with E-state index in [2.05, 4.69) is 176 Å². The van der Waals surface area contributed by atoms with Crippen LogP contribution in [0.4, 0.5) is 34.1 Å². The fourth-order valence-corrected chi connectivity index (χ4v) is 9.23. The van der Waals surface area contributed by atoms with Gasteiger partial charge in [-0.05, 0) is 72.8 Å². The van der Waals surface area contributed by atoms with E-state index in [0.29, 0.717) is 18.0 Å². The number of rotatable bonds is 6. The first-order valence-corrected chi connectivity index (χ1v) is 19.7. The minimum absolute atomic E-state index is 0. The number of benzene rings is 8. The Bertz CT molecular complexity index is 2980. The van der Waals surface area contributed by atoms with Crippen LogP contribution in [0.3, 0.4) is 0 Å². The first-order chi connectivity index (χ1) is 29.1. The average molecular weight is 960 g/mol. The van der Waals surface area contributed by atoms with Crippen LogP contribution < -0.4 is 19.6 Å². The normalized spacial score (nSPS) is 13.5. The van der Waals surface area contributed by atoms with E-state index in [9.17, 15) is 10.2 Å². The molecule has 2 aromatic heterocycles. The van der Waals surface area contributed by atoms with Crippen molar-refractivity contribution < 1.29 is 31.3 Å². The molecule has 0 unspecified atom stereocenters. The van der Waals surface area contributed by atoms with Crippen molar-refractivity contribution in [2.75, 3.05) is 26.3 Å². The minimum atomic E-state index is 0. The molecule has 2 N–H and O–H groups in total. The summed E-state index contributed by atoms with van der Waals surface area (Å²) in [5.41, 5.74) is 11.5. The van der Waals surface area contributed by atoms with Gasteiger partial charge in [0.1, 0.15) is 11.5 Å². The van der Waals surface area contributed by atoms with Gasteiger partial charge < -0.3 is 38.9 Å². The van der Waals surface area contributed by atoms with E-state index < -0.39 is 0 Å². The summed E-state index contributed by atoms with van der Waals surface area (Å²) >= 11 is 0. The number of anilines is 6. The number of nitrogens with zero attached hydrogens (tertiary/aromatic N) is 6. The van der Waals surface area contributed by atoms with Crippen molar-refractivity contribution in [2.45, 2.75) is 0 Å². The molecule has 0 atom stereocenters. The summed E-state index contributed by atoms with van der Waals surface area (Å²) in [4.78, 5) is 8.49.